The number of ether oxygens (including phenoxy) is 1. The van der Waals surface area contributed by atoms with Crippen LogP contribution in [0, 0.1) is 11.8 Å². The van der Waals surface area contributed by atoms with Crippen LogP contribution in [0.15, 0.2) is 36.4 Å². The lowest BCUT2D eigenvalue weighted by Crippen LogP contribution is -2.53. The standard InChI is InChI=1S/C29H38N4O5/c1-19(2)17-23(30-27(35)20-7-9-22(10-8-20)31-13-15-38-16-14-31)29(37)32-12-11-24-26(32)25(34)18-33(24)28(36)21-5-3-4-6-21/h3-4,7-10,19,21,23-24,26H,5-6,11-18H2,1-2H3,(H,30,35). The van der Waals surface area contributed by atoms with Crippen molar-refractivity contribution in [2.24, 2.45) is 11.8 Å². The molecule has 5 rings (SSSR count). The van der Waals surface area contributed by atoms with Gasteiger partial charge < -0.3 is 24.8 Å². The Bertz CT molecular complexity index is 1090. The number of nitrogens with one attached hydrogen (secondary N) is 1. The Labute approximate surface area is 224 Å². The van der Waals surface area contributed by atoms with E-state index in [2.05, 4.69) is 10.2 Å². The van der Waals surface area contributed by atoms with Crippen LogP contribution in [0.3, 0.4) is 0 Å². The second-order valence-corrected chi connectivity index (χ2v) is 11.2. The lowest BCUT2D eigenvalue weighted by atomic mass is 10.0. The van der Waals surface area contributed by atoms with E-state index in [0.29, 0.717) is 51.0 Å². The molecule has 3 unspecified atom stereocenters. The second-order valence-electron chi connectivity index (χ2n) is 11.2. The van der Waals surface area contributed by atoms with Crippen molar-refractivity contribution in [1.82, 2.24) is 15.1 Å². The molecule has 3 saturated heterocycles. The zero-order valence-electron chi connectivity index (χ0n) is 22.3. The van der Waals surface area contributed by atoms with Crippen LogP contribution in [-0.4, -0.2) is 90.8 Å². The number of allylic oxidation sites excluding steroid dienone is 2. The lowest BCUT2D eigenvalue weighted by molar-refractivity contribution is -0.138. The Morgan fingerprint density at radius 1 is 1.00 bits per heavy atom. The summed E-state index contributed by atoms with van der Waals surface area (Å²) < 4.78 is 5.41. The maximum absolute atomic E-state index is 13.8. The highest BCUT2D eigenvalue weighted by molar-refractivity contribution is 6.01. The molecule has 3 amide bonds. The summed E-state index contributed by atoms with van der Waals surface area (Å²) in [5.41, 5.74) is 1.52. The number of carbonyl (C=O) groups excluding carboxylic acids is 4. The first-order valence-corrected chi connectivity index (χ1v) is 13.9. The van der Waals surface area contributed by atoms with E-state index in [1.807, 2.05) is 38.1 Å². The van der Waals surface area contributed by atoms with Gasteiger partial charge in [0.05, 0.1) is 25.8 Å². The van der Waals surface area contributed by atoms with E-state index in [1.165, 1.54) is 0 Å². The first-order chi connectivity index (χ1) is 18.3. The van der Waals surface area contributed by atoms with Crippen LogP contribution in [0.4, 0.5) is 5.69 Å². The van der Waals surface area contributed by atoms with Gasteiger partial charge in [-0.3, -0.25) is 19.2 Å². The van der Waals surface area contributed by atoms with E-state index in [-0.39, 0.29) is 47.9 Å². The number of fused-ring (bicyclic) bond motifs is 1. The fraction of sp³-hybridized carbons (Fsp3) is 0.586. The summed E-state index contributed by atoms with van der Waals surface area (Å²) in [6, 6.07) is 5.77. The van der Waals surface area contributed by atoms with Crippen LogP contribution in [0.2, 0.25) is 0 Å². The van der Waals surface area contributed by atoms with Crippen LogP contribution in [0.25, 0.3) is 0 Å². The molecule has 3 fully saturated rings. The molecule has 9 nitrogen and oxygen atoms in total. The molecule has 0 spiro atoms. The summed E-state index contributed by atoms with van der Waals surface area (Å²) in [5, 5.41) is 2.95. The van der Waals surface area contributed by atoms with Crippen molar-refractivity contribution in [1.29, 1.82) is 0 Å². The first-order valence-electron chi connectivity index (χ1n) is 13.9. The highest BCUT2D eigenvalue weighted by Gasteiger charge is 2.52. The number of nitrogens with zero attached hydrogens (tertiary/aromatic N) is 3. The SMILES string of the molecule is CC(C)CC(NC(=O)c1ccc(N2CCOCC2)cc1)C(=O)N1CCC2C1C(=O)CN2C(=O)C1CC=CC1. The van der Waals surface area contributed by atoms with Gasteiger partial charge >= 0.3 is 0 Å². The molecule has 1 N–H and O–H groups in total. The molecule has 1 aromatic carbocycles. The maximum Gasteiger partial charge on any atom is 0.251 e. The summed E-state index contributed by atoms with van der Waals surface area (Å²) in [5.74, 6) is -0.565. The van der Waals surface area contributed by atoms with Crippen molar-refractivity contribution in [3.63, 3.8) is 0 Å². The summed E-state index contributed by atoms with van der Waals surface area (Å²) in [6.45, 7) is 7.48. The molecule has 204 valence electrons. The molecule has 3 aliphatic heterocycles. The van der Waals surface area contributed by atoms with Gasteiger partial charge in [-0.25, -0.2) is 0 Å². The summed E-state index contributed by atoms with van der Waals surface area (Å²) in [7, 11) is 0. The van der Waals surface area contributed by atoms with Crippen molar-refractivity contribution >= 4 is 29.2 Å². The monoisotopic (exact) mass is 522 g/mol. The highest BCUT2D eigenvalue weighted by atomic mass is 16.5. The third-order valence-corrected chi connectivity index (χ3v) is 8.16. The quantitative estimate of drug-likeness (QED) is 0.550. The molecule has 0 radical (unpaired) electrons. The smallest absolute Gasteiger partial charge is 0.251 e. The fourth-order valence-corrected chi connectivity index (χ4v) is 6.19. The third kappa shape index (κ3) is 5.34. The minimum atomic E-state index is -0.739. The zero-order valence-corrected chi connectivity index (χ0v) is 22.3. The largest absolute Gasteiger partial charge is 0.378 e. The van der Waals surface area contributed by atoms with Gasteiger partial charge in [-0.05, 0) is 55.9 Å². The minimum Gasteiger partial charge on any atom is -0.378 e. The molecule has 3 heterocycles. The predicted molar refractivity (Wildman–Crippen MR) is 143 cm³/mol. The van der Waals surface area contributed by atoms with Crippen LogP contribution >= 0.6 is 0 Å². The van der Waals surface area contributed by atoms with E-state index in [9.17, 15) is 19.2 Å². The van der Waals surface area contributed by atoms with Crippen molar-refractivity contribution in [2.45, 2.75) is 57.7 Å². The number of hydrogen-bond donors (Lipinski definition) is 1. The molecule has 4 aliphatic rings. The van der Waals surface area contributed by atoms with Crippen LogP contribution in [-0.2, 0) is 19.1 Å². The number of Topliss-reactive ketones (excluding diaryl/α,β-unsaturated/α-hetero) is 1. The highest BCUT2D eigenvalue weighted by Crippen LogP contribution is 2.33. The van der Waals surface area contributed by atoms with Gasteiger partial charge in [-0.15, -0.1) is 0 Å². The molecule has 3 atom stereocenters. The average Bonchev–Trinajstić information content (AvgIpc) is 3.67. The maximum atomic E-state index is 13.8. The number of morpholine rings is 1. The van der Waals surface area contributed by atoms with Crippen molar-refractivity contribution in [3.05, 3.63) is 42.0 Å². The van der Waals surface area contributed by atoms with E-state index < -0.39 is 12.1 Å². The molecule has 38 heavy (non-hydrogen) atoms. The summed E-state index contributed by atoms with van der Waals surface area (Å²) >= 11 is 0. The molecular weight excluding hydrogens is 484 g/mol. The summed E-state index contributed by atoms with van der Waals surface area (Å²) in [4.78, 5) is 58.6. The number of rotatable bonds is 7. The van der Waals surface area contributed by atoms with Crippen molar-refractivity contribution in [2.75, 3.05) is 44.3 Å². The van der Waals surface area contributed by atoms with Gasteiger partial charge in [0, 0.05) is 36.8 Å². The number of hydrogen-bond acceptors (Lipinski definition) is 6. The Morgan fingerprint density at radius 3 is 2.34 bits per heavy atom. The Morgan fingerprint density at radius 2 is 1.68 bits per heavy atom. The Kier molecular flexibility index (Phi) is 7.83. The number of likely N-dealkylation sites (tertiary alicyclic amines) is 2. The number of carbonyl (C=O) groups is 4. The molecule has 1 aromatic rings. The van der Waals surface area contributed by atoms with E-state index in [4.69, 9.17) is 4.74 Å². The molecule has 9 heteroatoms. The van der Waals surface area contributed by atoms with Gasteiger partial charge in [-0.1, -0.05) is 26.0 Å². The normalized spacial score (nSPS) is 24.3. The van der Waals surface area contributed by atoms with Crippen LogP contribution in [0.5, 0.6) is 0 Å². The zero-order chi connectivity index (χ0) is 26.8. The van der Waals surface area contributed by atoms with E-state index in [1.54, 1.807) is 21.9 Å². The van der Waals surface area contributed by atoms with Gasteiger partial charge in [0.25, 0.3) is 5.91 Å². The van der Waals surface area contributed by atoms with Gasteiger partial charge in [0.1, 0.15) is 12.1 Å². The third-order valence-electron chi connectivity index (χ3n) is 8.16. The lowest BCUT2D eigenvalue weighted by Gasteiger charge is -2.30. The minimum absolute atomic E-state index is 0.0118. The average molecular weight is 523 g/mol. The fourth-order valence-electron chi connectivity index (χ4n) is 6.19. The molecule has 0 saturated carbocycles. The molecule has 0 bridgehead atoms. The Balaban J connectivity index is 1.26. The number of ketones is 1. The molecule has 0 aromatic heterocycles. The van der Waals surface area contributed by atoms with Crippen molar-refractivity contribution in [3.8, 4) is 0 Å². The molecule has 1 aliphatic carbocycles. The van der Waals surface area contributed by atoms with Crippen LogP contribution < -0.4 is 10.2 Å². The first kappa shape index (κ1) is 26.4. The van der Waals surface area contributed by atoms with Crippen LogP contribution in [0.1, 0.15) is 49.9 Å². The topological polar surface area (TPSA) is 99.3 Å². The van der Waals surface area contributed by atoms with Gasteiger partial charge in [0.15, 0.2) is 5.78 Å². The Hall–Kier alpha value is -3.20. The number of amides is 3. The molecular formula is C29H38N4O5. The predicted octanol–water partition coefficient (Wildman–Crippen LogP) is 2.01. The van der Waals surface area contributed by atoms with E-state index >= 15 is 0 Å². The van der Waals surface area contributed by atoms with E-state index in [0.717, 1.165) is 18.8 Å². The second kappa shape index (κ2) is 11.3. The van der Waals surface area contributed by atoms with Crippen molar-refractivity contribution < 1.29 is 23.9 Å². The number of anilines is 1. The number of benzene rings is 1. The van der Waals surface area contributed by atoms with Gasteiger partial charge in [-0.2, -0.15) is 0 Å². The summed E-state index contributed by atoms with van der Waals surface area (Å²) in [6.07, 6.45) is 6.49. The van der Waals surface area contributed by atoms with Gasteiger partial charge in [0.2, 0.25) is 11.8 Å².